The Morgan fingerprint density at radius 2 is 1.07 bits per heavy atom. The van der Waals surface area contributed by atoms with Crippen molar-refractivity contribution in [3.05, 3.63) is 116 Å². The molecular formula is C22H18N2O6. The average Bonchev–Trinajstić information content (AvgIpc) is 2.79. The molecule has 1 fully saturated rings. The highest BCUT2D eigenvalue weighted by molar-refractivity contribution is 5.35. The summed E-state index contributed by atoms with van der Waals surface area (Å²) in [5.74, 6) is 0. The molecule has 0 aromatic heterocycles. The van der Waals surface area contributed by atoms with E-state index < -0.39 is 16.1 Å². The molecule has 8 nitrogen and oxygen atoms in total. The number of hydrogen-bond donors (Lipinski definition) is 0. The molecule has 0 spiro atoms. The van der Waals surface area contributed by atoms with Crippen molar-refractivity contribution in [1.82, 2.24) is 0 Å². The second-order valence-electron chi connectivity index (χ2n) is 6.93. The van der Waals surface area contributed by atoms with Crippen LogP contribution in [0, 0.1) is 20.2 Å². The van der Waals surface area contributed by atoms with Gasteiger partial charge in [-0.15, -0.1) is 0 Å². The molecule has 1 saturated heterocycles. The van der Waals surface area contributed by atoms with Crippen molar-refractivity contribution in [2.45, 2.75) is 24.9 Å². The third kappa shape index (κ3) is 4.19. The van der Waals surface area contributed by atoms with Crippen LogP contribution in [-0.4, -0.2) is 9.85 Å². The predicted molar refractivity (Wildman–Crippen MR) is 108 cm³/mol. The smallest absolute Gasteiger partial charge is 0.269 e. The molecule has 0 N–H and O–H groups in total. The van der Waals surface area contributed by atoms with Gasteiger partial charge in [-0.25, -0.2) is 0 Å². The van der Waals surface area contributed by atoms with Crippen LogP contribution in [0.15, 0.2) is 78.9 Å². The number of rotatable bonds is 5. The van der Waals surface area contributed by atoms with Gasteiger partial charge in [-0.3, -0.25) is 20.2 Å². The second kappa shape index (κ2) is 8.40. The molecule has 1 aliphatic heterocycles. The molecule has 30 heavy (non-hydrogen) atoms. The molecule has 8 heteroatoms. The standard InChI is InChI=1S/C22H18N2O6/c25-23(26)18-10-6-16(7-11-18)21-14-20(15-4-2-1-3-5-15)29-22(30-21)17-8-12-19(13-9-17)24(27)28/h1-13,20-22H,14H2/t20-,21-,22-/m0/s1. The molecule has 1 aliphatic rings. The van der Waals surface area contributed by atoms with E-state index in [1.807, 2.05) is 30.3 Å². The van der Waals surface area contributed by atoms with Crippen molar-refractivity contribution in [3.63, 3.8) is 0 Å². The van der Waals surface area contributed by atoms with E-state index >= 15 is 0 Å². The lowest BCUT2D eigenvalue weighted by atomic mass is 9.96. The van der Waals surface area contributed by atoms with Gasteiger partial charge in [-0.05, 0) is 35.4 Å². The summed E-state index contributed by atoms with van der Waals surface area (Å²) in [6, 6.07) is 22.0. The normalized spacial score (nSPS) is 21.1. The molecule has 1 heterocycles. The first kappa shape index (κ1) is 19.7. The number of non-ortho nitro benzene ring substituents is 2. The minimum Gasteiger partial charge on any atom is -0.340 e. The zero-order chi connectivity index (χ0) is 21.1. The highest BCUT2D eigenvalue weighted by Crippen LogP contribution is 2.44. The average molecular weight is 406 g/mol. The zero-order valence-electron chi connectivity index (χ0n) is 15.8. The van der Waals surface area contributed by atoms with E-state index in [1.54, 1.807) is 24.3 Å². The van der Waals surface area contributed by atoms with Crippen LogP contribution in [0.3, 0.4) is 0 Å². The van der Waals surface area contributed by atoms with Crippen LogP contribution < -0.4 is 0 Å². The summed E-state index contributed by atoms with van der Waals surface area (Å²) in [7, 11) is 0. The molecule has 4 rings (SSSR count). The molecule has 0 saturated carbocycles. The SMILES string of the molecule is O=[N+]([O-])c1ccc([C@H]2O[C@H](c3ccccc3)C[C@@H](c3ccc([N+](=O)[O-])cc3)O2)cc1. The summed E-state index contributed by atoms with van der Waals surface area (Å²) >= 11 is 0. The first-order valence-corrected chi connectivity index (χ1v) is 9.36. The zero-order valence-corrected chi connectivity index (χ0v) is 15.8. The largest absolute Gasteiger partial charge is 0.340 e. The van der Waals surface area contributed by atoms with Crippen LogP contribution in [0.25, 0.3) is 0 Å². The minimum absolute atomic E-state index is 0.0114. The molecule has 0 bridgehead atoms. The number of nitro benzene ring substituents is 2. The van der Waals surface area contributed by atoms with Gasteiger partial charge in [0.1, 0.15) is 0 Å². The summed E-state index contributed by atoms with van der Waals surface area (Å²) in [4.78, 5) is 21.0. The number of hydrogen-bond acceptors (Lipinski definition) is 6. The fraction of sp³-hybridized carbons (Fsp3) is 0.182. The van der Waals surface area contributed by atoms with Gasteiger partial charge >= 0.3 is 0 Å². The molecule has 0 aliphatic carbocycles. The Bertz CT molecular complexity index is 972. The van der Waals surface area contributed by atoms with E-state index in [0.717, 1.165) is 11.1 Å². The fourth-order valence-electron chi connectivity index (χ4n) is 3.45. The molecule has 152 valence electrons. The Labute approximate surface area is 172 Å². The summed E-state index contributed by atoms with van der Waals surface area (Å²) in [6.45, 7) is 0. The van der Waals surface area contributed by atoms with Crippen LogP contribution >= 0.6 is 0 Å². The number of nitro groups is 2. The molecule has 0 amide bonds. The van der Waals surface area contributed by atoms with Gasteiger partial charge in [0.05, 0.1) is 22.1 Å². The van der Waals surface area contributed by atoms with E-state index in [2.05, 4.69) is 0 Å². The Kier molecular flexibility index (Phi) is 5.51. The quantitative estimate of drug-likeness (QED) is 0.414. The Morgan fingerprint density at radius 1 is 0.633 bits per heavy atom. The summed E-state index contributed by atoms with van der Waals surface area (Å²) in [5, 5.41) is 21.9. The van der Waals surface area contributed by atoms with Gasteiger partial charge in [-0.2, -0.15) is 0 Å². The van der Waals surface area contributed by atoms with E-state index in [1.165, 1.54) is 24.3 Å². The van der Waals surface area contributed by atoms with Gasteiger partial charge in [-0.1, -0.05) is 30.3 Å². The molecular weight excluding hydrogens is 388 g/mol. The highest BCUT2D eigenvalue weighted by Gasteiger charge is 2.33. The third-order valence-corrected chi connectivity index (χ3v) is 5.03. The van der Waals surface area contributed by atoms with Gasteiger partial charge in [0.15, 0.2) is 6.29 Å². The minimum atomic E-state index is -0.732. The summed E-state index contributed by atoms with van der Waals surface area (Å²) < 4.78 is 12.3. The second-order valence-corrected chi connectivity index (χ2v) is 6.93. The molecule has 3 aromatic rings. The Balaban J connectivity index is 1.64. The van der Waals surface area contributed by atoms with E-state index in [-0.39, 0.29) is 23.6 Å². The first-order valence-electron chi connectivity index (χ1n) is 9.36. The van der Waals surface area contributed by atoms with Crippen LogP contribution in [-0.2, 0) is 9.47 Å². The van der Waals surface area contributed by atoms with Crippen molar-refractivity contribution < 1.29 is 19.3 Å². The lowest BCUT2D eigenvalue weighted by Crippen LogP contribution is -2.24. The van der Waals surface area contributed by atoms with Crippen LogP contribution in [0.4, 0.5) is 11.4 Å². The van der Waals surface area contributed by atoms with E-state index in [4.69, 9.17) is 9.47 Å². The molecule has 3 atom stereocenters. The molecule has 0 radical (unpaired) electrons. The van der Waals surface area contributed by atoms with Crippen molar-refractivity contribution in [3.8, 4) is 0 Å². The lowest BCUT2D eigenvalue weighted by molar-refractivity contribution is -0.385. The maximum atomic E-state index is 10.9. The van der Waals surface area contributed by atoms with Gasteiger partial charge < -0.3 is 9.47 Å². The molecule has 0 unspecified atom stereocenters. The predicted octanol–water partition coefficient (Wildman–Crippen LogP) is 5.42. The summed E-state index contributed by atoms with van der Waals surface area (Å²) in [5.41, 5.74) is 2.45. The topological polar surface area (TPSA) is 105 Å². The van der Waals surface area contributed by atoms with Crippen molar-refractivity contribution in [1.29, 1.82) is 0 Å². The lowest BCUT2D eigenvalue weighted by Gasteiger charge is -2.36. The van der Waals surface area contributed by atoms with Gasteiger partial charge in [0.2, 0.25) is 0 Å². The van der Waals surface area contributed by atoms with Crippen LogP contribution in [0.5, 0.6) is 0 Å². The third-order valence-electron chi connectivity index (χ3n) is 5.03. The van der Waals surface area contributed by atoms with Crippen LogP contribution in [0.2, 0.25) is 0 Å². The van der Waals surface area contributed by atoms with Crippen molar-refractivity contribution in [2.75, 3.05) is 0 Å². The highest BCUT2D eigenvalue weighted by atomic mass is 16.7. The fourth-order valence-corrected chi connectivity index (χ4v) is 3.45. The Hall–Kier alpha value is -3.62. The van der Waals surface area contributed by atoms with Gasteiger partial charge in [0, 0.05) is 36.2 Å². The monoisotopic (exact) mass is 406 g/mol. The van der Waals surface area contributed by atoms with E-state index in [9.17, 15) is 20.2 Å². The maximum absolute atomic E-state index is 10.9. The summed E-state index contributed by atoms with van der Waals surface area (Å²) in [6.07, 6.45) is -0.819. The first-order chi connectivity index (χ1) is 14.5. The number of nitrogens with zero attached hydrogens (tertiary/aromatic N) is 2. The van der Waals surface area contributed by atoms with Crippen molar-refractivity contribution >= 4 is 11.4 Å². The van der Waals surface area contributed by atoms with E-state index in [0.29, 0.717) is 12.0 Å². The van der Waals surface area contributed by atoms with Crippen LogP contribution in [0.1, 0.15) is 41.6 Å². The number of ether oxygens (including phenoxy) is 2. The molecule has 3 aromatic carbocycles. The van der Waals surface area contributed by atoms with Gasteiger partial charge in [0.25, 0.3) is 11.4 Å². The van der Waals surface area contributed by atoms with Crippen molar-refractivity contribution in [2.24, 2.45) is 0 Å². The number of benzene rings is 3. The maximum Gasteiger partial charge on any atom is 0.269 e. The Morgan fingerprint density at radius 3 is 1.53 bits per heavy atom.